The van der Waals surface area contributed by atoms with E-state index in [0.29, 0.717) is 6.04 Å². The van der Waals surface area contributed by atoms with E-state index in [2.05, 4.69) is 11.6 Å². The van der Waals surface area contributed by atoms with Gasteiger partial charge in [-0.05, 0) is 65.0 Å². The van der Waals surface area contributed by atoms with E-state index in [1.807, 2.05) is 37.4 Å². The average molecular weight is 302 g/mol. The summed E-state index contributed by atoms with van der Waals surface area (Å²) in [5, 5.41) is 3.61. The molecule has 0 bridgehead atoms. The van der Waals surface area contributed by atoms with E-state index in [1.54, 1.807) is 0 Å². The minimum atomic E-state index is -0.404. The molecule has 1 saturated heterocycles. The van der Waals surface area contributed by atoms with Gasteiger partial charge in [0, 0.05) is 19.1 Å². The van der Waals surface area contributed by atoms with Gasteiger partial charge < -0.3 is 15.0 Å². The Balaban J connectivity index is 2.30. The maximum Gasteiger partial charge on any atom is 0.410 e. The standard InChI is InChI=1S/C15H30N2O2S/c1-15(2,3)19-14(18)17-10-5-7-13(8-11-17)16-9-6-12-20-4/h13,16H,5-12H2,1-4H3. The van der Waals surface area contributed by atoms with E-state index in [0.717, 1.165) is 38.9 Å². The summed E-state index contributed by atoms with van der Waals surface area (Å²) in [7, 11) is 0. The van der Waals surface area contributed by atoms with E-state index in [4.69, 9.17) is 4.74 Å². The van der Waals surface area contributed by atoms with Crippen molar-refractivity contribution in [3.05, 3.63) is 0 Å². The van der Waals surface area contributed by atoms with Gasteiger partial charge in [-0.25, -0.2) is 4.79 Å². The number of carbonyl (C=O) groups excluding carboxylic acids is 1. The molecular weight excluding hydrogens is 272 g/mol. The van der Waals surface area contributed by atoms with Gasteiger partial charge in [0.25, 0.3) is 0 Å². The number of hydrogen-bond acceptors (Lipinski definition) is 4. The minimum Gasteiger partial charge on any atom is -0.444 e. The Morgan fingerprint density at radius 1 is 1.35 bits per heavy atom. The third-order valence-electron chi connectivity index (χ3n) is 3.34. The number of nitrogens with one attached hydrogen (secondary N) is 1. The number of likely N-dealkylation sites (tertiary alicyclic amines) is 1. The van der Waals surface area contributed by atoms with Crippen LogP contribution in [0.25, 0.3) is 0 Å². The molecule has 20 heavy (non-hydrogen) atoms. The lowest BCUT2D eigenvalue weighted by Gasteiger charge is -2.26. The van der Waals surface area contributed by atoms with Crippen LogP contribution in [-0.2, 0) is 4.74 Å². The van der Waals surface area contributed by atoms with Crippen molar-refractivity contribution >= 4 is 17.9 Å². The van der Waals surface area contributed by atoms with Gasteiger partial charge in [0.2, 0.25) is 0 Å². The third kappa shape index (κ3) is 7.39. The number of hydrogen-bond donors (Lipinski definition) is 1. The fourth-order valence-corrected chi connectivity index (χ4v) is 2.77. The van der Waals surface area contributed by atoms with Crippen LogP contribution in [0.2, 0.25) is 0 Å². The van der Waals surface area contributed by atoms with Crippen LogP contribution in [0.5, 0.6) is 0 Å². The second kappa shape index (κ2) is 8.78. The van der Waals surface area contributed by atoms with Crippen molar-refractivity contribution < 1.29 is 9.53 Å². The van der Waals surface area contributed by atoms with Crippen LogP contribution in [0.4, 0.5) is 4.79 Å². The summed E-state index contributed by atoms with van der Waals surface area (Å²) in [6.07, 6.45) is 6.43. The number of rotatable bonds is 5. The molecule has 4 nitrogen and oxygen atoms in total. The van der Waals surface area contributed by atoms with E-state index in [-0.39, 0.29) is 6.09 Å². The molecule has 1 rings (SSSR count). The van der Waals surface area contributed by atoms with Crippen LogP contribution >= 0.6 is 11.8 Å². The SMILES string of the molecule is CSCCCNC1CCCN(C(=O)OC(C)(C)C)CC1. The predicted molar refractivity (Wildman–Crippen MR) is 86.4 cm³/mol. The Morgan fingerprint density at radius 3 is 2.75 bits per heavy atom. The van der Waals surface area contributed by atoms with Crippen molar-refractivity contribution in [1.29, 1.82) is 0 Å². The zero-order chi connectivity index (χ0) is 15.0. The van der Waals surface area contributed by atoms with E-state index >= 15 is 0 Å². The van der Waals surface area contributed by atoms with Gasteiger partial charge in [-0.1, -0.05) is 0 Å². The summed E-state index contributed by atoms with van der Waals surface area (Å²) in [5.41, 5.74) is -0.404. The number of thioether (sulfide) groups is 1. The van der Waals surface area contributed by atoms with Gasteiger partial charge in [-0.2, -0.15) is 11.8 Å². The van der Waals surface area contributed by atoms with Crippen LogP contribution in [0.3, 0.4) is 0 Å². The number of nitrogens with zero attached hydrogens (tertiary/aromatic N) is 1. The van der Waals surface area contributed by atoms with Crippen LogP contribution in [0, 0.1) is 0 Å². The largest absolute Gasteiger partial charge is 0.444 e. The Labute approximate surface area is 128 Å². The molecule has 1 heterocycles. The Bertz CT molecular complexity index is 292. The van der Waals surface area contributed by atoms with Crippen molar-refractivity contribution in [3.8, 4) is 0 Å². The summed E-state index contributed by atoms with van der Waals surface area (Å²) in [4.78, 5) is 13.9. The van der Waals surface area contributed by atoms with Gasteiger partial charge in [-0.15, -0.1) is 0 Å². The van der Waals surface area contributed by atoms with E-state index < -0.39 is 5.60 Å². The Kier molecular flexibility index (Phi) is 7.74. The van der Waals surface area contributed by atoms with E-state index in [9.17, 15) is 4.79 Å². The molecule has 1 unspecified atom stereocenters. The van der Waals surface area contributed by atoms with Crippen LogP contribution < -0.4 is 5.32 Å². The lowest BCUT2D eigenvalue weighted by molar-refractivity contribution is 0.0256. The molecular formula is C15H30N2O2S. The summed E-state index contributed by atoms with van der Waals surface area (Å²) in [6, 6.07) is 0.546. The molecule has 0 aromatic carbocycles. The first-order valence-corrected chi connectivity index (χ1v) is 9.02. The van der Waals surface area contributed by atoms with Crippen molar-refractivity contribution in [3.63, 3.8) is 0 Å². The molecule has 1 atom stereocenters. The molecule has 0 aromatic heterocycles. The molecule has 1 amide bonds. The summed E-state index contributed by atoms with van der Waals surface area (Å²) >= 11 is 1.89. The topological polar surface area (TPSA) is 41.6 Å². The van der Waals surface area contributed by atoms with Crippen molar-refractivity contribution in [1.82, 2.24) is 10.2 Å². The molecule has 1 fully saturated rings. The number of carbonyl (C=O) groups is 1. The predicted octanol–water partition coefficient (Wildman–Crippen LogP) is 3.12. The monoisotopic (exact) mass is 302 g/mol. The maximum absolute atomic E-state index is 12.1. The highest BCUT2D eigenvalue weighted by atomic mass is 32.2. The van der Waals surface area contributed by atoms with Crippen molar-refractivity contribution in [2.75, 3.05) is 31.6 Å². The highest BCUT2D eigenvalue weighted by Crippen LogP contribution is 2.15. The highest BCUT2D eigenvalue weighted by Gasteiger charge is 2.24. The third-order valence-corrected chi connectivity index (χ3v) is 4.03. The summed E-state index contributed by atoms with van der Waals surface area (Å²) in [5.74, 6) is 1.21. The first-order valence-electron chi connectivity index (χ1n) is 7.62. The molecule has 0 aromatic rings. The minimum absolute atomic E-state index is 0.166. The maximum atomic E-state index is 12.1. The molecule has 118 valence electrons. The van der Waals surface area contributed by atoms with Crippen molar-refractivity contribution in [2.24, 2.45) is 0 Å². The first kappa shape index (κ1) is 17.6. The second-order valence-electron chi connectivity index (χ2n) is 6.40. The number of ether oxygens (including phenoxy) is 1. The Hall–Kier alpha value is -0.420. The lowest BCUT2D eigenvalue weighted by atomic mass is 10.1. The van der Waals surface area contributed by atoms with Crippen LogP contribution in [-0.4, -0.2) is 54.3 Å². The molecule has 0 aliphatic carbocycles. The van der Waals surface area contributed by atoms with Gasteiger partial charge in [0.1, 0.15) is 5.60 Å². The Morgan fingerprint density at radius 2 is 2.10 bits per heavy atom. The van der Waals surface area contributed by atoms with Gasteiger partial charge in [0.05, 0.1) is 0 Å². The van der Waals surface area contributed by atoms with Gasteiger partial charge >= 0.3 is 6.09 Å². The normalized spacial score (nSPS) is 20.6. The quantitative estimate of drug-likeness (QED) is 0.792. The zero-order valence-corrected chi connectivity index (χ0v) is 14.2. The fourth-order valence-electron chi connectivity index (χ4n) is 2.33. The molecule has 5 heteroatoms. The first-order chi connectivity index (χ1) is 9.42. The highest BCUT2D eigenvalue weighted by molar-refractivity contribution is 7.98. The number of amides is 1. The summed E-state index contributed by atoms with van der Waals surface area (Å²) < 4.78 is 5.44. The van der Waals surface area contributed by atoms with E-state index in [1.165, 1.54) is 12.2 Å². The fraction of sp³-hybridized carbons (Fsp3) is 0.933. The van der Waals surface area contributed by atoms with Crippen molar-refractivity contribution in [2.45, 2.75) is 58.1 Å². The van der Waals surface area contributed by atoms with Gasteiger partial charge in [0.15, 0.2) is 0 Å². The molecule has 0 radical (unpaired) electrons. The molecule has 1 aliphatic rings. The summed E-state index contributed by atoms with van der Waals surface area (Å²) in [6.45, 7) is 8.45. The van der Waals surface area contributed by atoms with Crippen LogP contribution in [0.1, 0.15) is 46.5 Å². The average Bonchev–Trinajstić information content (AvgIpc) is 2.58. The lowest BCUT2D eigenvalue weighted by Crippen LogP contribution is -2.38. The molecule has 1 N–H and O–H groups in total. The molecule has 0 spiro atoms. The smallest absolute Gasteiger partial charge is 0.410 e. The zero-order valence-electron chi connectivity index (χ0n) is 13.4. The molecule has 1 aliphatic heterocycles. The van der Waals surface area contributed by atoms with Gasteiger partial charge in [-0.3, -0.25) is 0 Å². The molecule has 0 saturated carbocycles. The second-order valence-corrected chi connectivity index (χ2v) is 7.38. The van der Waals surface area contributed by atoms with Crippen LogP contribution in [0.15, 0.2) is 0 Å².